The van der Waals surface area contributed by atoms with Gasteiger partial charge in [-0.15, -0.1) is 24.2 Å². The zero-order chi connectivity index (χ0) is 20.4. The molecule has 2 aliphatic rings. The van der Waals surface area contributed by atoms with Crippen molar-refractivity contribution < 1.29 is 4.79 Å². The van der Waals surface area contributed by atoms with Crippen molar-refractivity contribution in [3.8, 4) is 0 Å². The first-order chi connectivity index (χ1) is 14.0. The van der Waals surface area contributed by atoms with Crippen LogP contribution in [0.1, 0.15) is 29.5 Å². The fourth-order valence-electron chi connectivity index (χ4n) is 4.65. The minimum atomic E-state index is -0.685. The largest absolute Gasteiger partial charge is 0.301 e. The first-order valence-corrected chi connectivity index (χ1v) is 12.1. The summed E-state index contributed by atoms with van der Waals surface area (Å²) in [6, 6.07) is 11.9. The van der Waals surface area contributed by atoms with Crippen LogP contribution in [0.4, 0.5) is 0 Å². The molecule has 0 aromatic heterocycles. The van der Waals surface area contributed by atoms with E-state index in [1.807, 2.05) is 12.1 Å². The Balaban J connectivity index is 0.00000256. The van der Waals surface area contributed by atoms with Crippen LogP contribution in [0.3, 0.4) is 0 Å². The highest BCUT2D eigenvalue weighted by Gasteiger charge is 2.44. The van der Waals surface area contributed by atoms with Crippen LogP contribution < -0.4 is 5.32 Å². The van der Waals surface area contributed by atoms with Crippen molar-refractivity contribution in [3.05, 3.63) is 63.1 Å². The van der Waals surface area contributed by atoms with E-state index in [1.165, 1.54) is 23.3 Å². The number of hydrogen-bond donors (Lipinski definition) is 1. The lowest BCUT2D eigenvalue weighted by Gasteiger charge is -2.42. The van der Waals surface area contributed by atoms with Gasteiger partial charge in [-0.05, 0) is 73.5 Å². The molecule has 1 fully saturated rings. The number of hydrogen-bond acceptors (Lipinski definition) is 4. The van der Waals surface area contributed by atoms with Crippen molar-refractivity contribution in [2.45, 2.75) is 36.1 Å². The van der Waals surface area contributed by atoms with Crippen molar-refractivity contribution in [2.75, 3.05) is 32.4 Å². The fourth-order valence-corrected chi connectivity index (χ4v) is 5.64. The molecule has 7 heteroatoms. The average molecular weight is 486 g/mol. The van der Waals surface area contributed by atoms with E-state index in [4.69, 9.17) is 23.2 Å². The van der Waals surface area contributed by atoms with E-state index >= 15 is 0 Å². The number of halogens is 3. The summed E-state index contributed by atoms with van der Waals surface area (Å²) >= 11 is 14.0. The minimum absolute atomic E-state index is 0. The number of thioether (sulfide) groups is 1. The molecule has 1 unspecified atom stereocenters. The SMILES string of the molecule is CSc1cccc2c1CCNC2(CN1CCCC1)C(=O)Cc1ccc(Cl)c(Cl)c1.Cl. The van der Waals surface area contributed by atoms with Gasteiger partial charge in [0.25, 0.3) is 0 Å². The summed E-state index contributed by atoms with van der Waals surface area (Å²) in [7, 11) is 0. The number of benzene rings is 2. The number of rotatable bonds is 6. The maximum Gasteiger partial charge on any atom is 0.163 e. The third-order valence-corrected chi connectivity index (χ3v) is 7.66. The lowest BCUT2D eigenvalue weighted by molar-refractivity contribution is -0.126. The summed E-state index contributed by atoms with van der Waals surface area (Å²) < 4.78 is 0. The van der Waals surface area contributed by atoms with Crippen LogP contribution in [0.25, 0.3) is 0 Å². The smallest absolute Gasteiger partial charge is 0.163 e. The zero-order valence-corrected chi connectivity index (χ0v) is 20.2. The summed E-state index contributed by atoms with van der Waals surface area (Å²) in [5.74, 6) is 0.196. The maximum absolute atomic E-state index is 13.9. The molecule has 2 aliphatic heterocycles. The van der Waals surface area contributed by atoms with Crippen LogP contribution in [-0.2, 0) is 23.2 Å². The third kappa shape index (κ3) is 4.69. The molecular weight excluding hydrogens is 459 g/mol. The number of nitrogens with zero attached hydrogens (tertiary/aromatic N) is 1. The van der Waals surface area contributed by atoms with E-state index in [0.717, 1.165) is 43.7 Å². The van der Waals surface area contributed by atoms with E-state index in [2.05, 4.69) is 34.7 Å². The van der Waals surface area contributed by atoms with Crippen molar-refractivity contribution in [3.63, 3.8) is 0 Å². The number of likely N-dealkylation sites (tertiary alicyclic amines) is 1. The quantitative estimate of drug-likeness (QED) is 0.556. The minimum Gasteiger partial charge on any atom is -0.301 e. The topological polar surface area (TPSA) is 32.3 Å². The number of carbonyl (C=O) groups is 1. The molecule has 0 spiro atoms. The summed E-state index contributed by atoms with van der Waals surface area (Å²) in [5.41, 5.74) is 2.68. The summed E-state index contributed by atoms with van der Waals surface area (Å²) in [6.07, 6.45) is 5.80. The Bertz CT molecular complexity index is 917. The number of carbonyl (C=O) groups excluding carboxylic acids is 1. The van der Waals surface area contributed by atoms with Crippen molar-refractivity contribution in [1.29, 1.82) is 0 Å². The van der Waals surface area contributed by atoms with Gasteiger partial charge in [0.15, 0.2) is 5.78 Å². The third-order valence-electron chi connectivity index (χ3n) is 6.10. The first kappa shape index (κ1) is 23.9. The predicted octanol–water partition coefficient (Wildman–Crippen LogP) is 5.39. The summed E-state index contributed by atoms with van der Waals surface area (Å²) in [6.45, 7) is 3.64. The Labute approximate surface area is 199 Å². The van der Waals surface area contributed by atoms with Gasteiger partial charge in [0, 0.05) is 24.4 Å². The van der Waals surface area contributed by atoms with E-state index in [1.54, 1.807) is 17.8 Å². The molecule has 1 atom stereocenters. The normalized spacial score (nSPS) is 21.2. The Morgan fingerprint density at radius 3 is 2.63 bits per heavy atom. The zero-order valence-electron chi connectivity index (χ0n) is 17.0. The number of fused-ring (bicyclic) bond motifs is 1. The van der Waals surface area contributed by atoms with Crippen molar-refractivity contribution >= 4 is 53.2 Å². The second-order valence-electron chi connectivity index (χ2n) is 7.90. The molecule has 0 saturated carbocycles. The fraction of sp³-hybridized carbons (Fsp3) is 0.435. The molecule has 3 nitrogen and oxygen atoms in total. The average Bonchev–Trinajstić information content (AvgIpc) is 3.23. The second-order valence-corrected chi connectivity index (χ2v) is 9.56. The molecule has 1 N–H and O–H groups in total. The van der Waals surface area contributed by atoms with Gasteiger partial charge in [0.2, 0.25) is 0 Å². The molecule has 0 amide bonds. The van der Waals surface area contributed by atoms with Crippen LogP contribution in [0.15, 0.2) is 41.3 Å². The molecule has 0 bridgehead atoms. The van der Waals surface area contributed by atoms with Crippen LogP contribution >= 0.6 is 47.4 Å². The lowest BCUT2D eigenvalue weighted by atomic mass is 9.77. The molecule has 2 aromatic carbocycles. The molecule has 0 aliphatic carbocycles. The Hall–Kier alpha value is -0.750. The van der Waals surface area contributed by atoms with Crippen LogP contribution in [0.2, 0.25) is 10.0 Å². The van der Waals surface area contributed by atoms with Crippen LogP contribution in [0.5, 0.6) is 0 Å². The van der Waals surface area contributed by atoms with Crippen LogP contribution in [-0.4, -0.2) is 43.1 Å². The molecule has 30 heavy (non-hydrogen) atoms. The monoisotopic (exact) mass is 484 g/mol. The molecule has 1 saturated heterocycles. The maximum atomic E-state index is 13.9. The molecule has 162 valence electrons. The van der Waals surface area contributed by atoms with E-state index in [0.29, 0.717) is 16.5 Å². The Morgan fingerprint density at radius 2 is 1.93 bits per heavy atom. The standard InChI is InChI=1S/C23H26Cl2N2OS.ClH/c1-29-21-6-4-5-18-17(21)9-10-26-23(18,15-27-11-2-3-12-27)22(28)14-16-7-8-19(24)20(25)13-16;/h4-8,13,26H,2-3,9-12,14-15H2,1H3;1H. The molecule has 4 rings (SSSR count). The van der Waals surface area contributed by atoms with Crippen molar-refractivity contribution in [1.82, 2.24) is 10.2 Å². The lowest BCUT2D eigenvalue weighted by Crippen LogP contribution is -2.59. The van der Waals surface area contributed by atoms with Gasteiger partial charge in [-0.2, -0.15) is 0 Å². The summed E-state index contributed by atoms with van der Waals surface area (Å²) in [4.78, 5) is 17.6. The number of ketones is 1. The molecule has 2 aromatic rings. The van der Waals surface area contributed by atoms with E-state index < -0.39 is 5.54 Å². The summed E-state index contributed by atoms with van der Waals surface area (Å²) in [5, 5.41) is 4.66. The Kier molecular flexibility index (Phi) is 8.16. The van der Waals surface area contributed by atoms with Crippen LogP contribution in [0, 0.1) is 0 Å². The van der Waals surface area contributed by atoms with E-state index in [-0.39, 0.29) is 18.2 Å². The highest BCUT2D eigenvalue weighted by Crippen LogP contribution is 2.37. The molecule has 0 radical (unpaired) electrons. The van der Waals surface area contributed by atoms with Gasteiger partial charge in [0.1, 0.15) is 5.54 Å². The number of Topliss-reactive ketones (excluding diaryl/α,β-unsaturated/α-hetero) is 1. The predicted molar refractivity (Wildman–Crippen MR) is 130 cm³/mol. The van der Waals surface area contributed by atoms with Gasteiger partial charge in [-0.1, -0.05) is 41.4 Å². The van der Waals surface area contributed by atoms with Gasteiger partial charge in [-0.3, -0.25) is 10.1 Å². The molecular formula is C23H27Cl3N2OS. The highest BCUT2D eigenvalue weighted by atomic mass is 35.5. The van der Waals surface area contributed by atoms with Gasteiger partial charge in [0.05, 0.1) is 10.0 Å². The Morgan fingerprint density at radius 1 is 1.17 bits per heavy atom. The van der Waals surface area contributed by atoms with Crippen molar-refractivity contribution in [2.24, 2.45) is 0 Å². The second kappa shape index (κ2) is 10.2. The van der Waals surface area contributed by atoms with Gasteiger partial charge < -0.3 is 4.90 Å². The number of nitrogens with one attached hydrogen (secondary N) is 1. The van der Waals surface area contributed by atoms with Gasteiger partial charge in [-0.25, -0.2) is 0 Å². The van der Waals surface area contributed by atoms with E-state index in [9.17, 15) is 4.79 Å². The first-order valence-electron chi connectivity index (χ1n) is 10.1. The highest BCUT2D eigenvalue weighted by molar-refractivity contribution is 7.98. The molecule has 2 heterocycles. The van der Waals surface area contributed by atoms with Gasteiger partial charge >= 0.3 is 0 Å².